The second-order valence-corrected chi connectivity index (χ2v) is 13.3. The highest BCUT2D eigenvalue weighted by molar-refractivity contribution is 7.87. The molecule has 37 heavy (non-hydrogen) atoms. The summed E-state index contributed by atoms with van der Waals surface area (Å²) >= 11 is 0. The summed E-state index contributed by atoms with van der Waals surface area (Å²) in [6, 6.07) is 5.35. The molecule has 1 aliphatic carbocycles. The Morgan fingerprint density at radius 2 is 1.73 bits per heavy atom. The smallest absolute Gasteiger partial charge is 0.274 e. The van der Waals surface area contributed by atoms with Gasteiger partial charge in [-0.15, -0.1) is 0 Å². The predicted octanol–water partition coefficient (Wildman–Crippen LogP) is 3.82. The number of rotatable bonds is 9. The van der Waals surface area contributed by atoms with Gasteiger partial charge in [-0.1, -0.05) is 13.8 Å². The van der Waals surface area contributed by atoms with Gasteiger partial charge in [0.15, 0.2) is 0 Å². The van der Waals surface area contributed by atoms with Crippen LogP contribution in [0.1, 0.15) is 82.5 Å². The van der Waals surface area contributed by atoms with Crippen molar-refractivity contribution in [3.8, 4) is 0 Å². The normalized spacial score (nSPS) is 25.0. The van der Waals surface area contributed by atoms with Crippen molar-refractivity contribution in [1.82, 2.24) is 24.1 Å². The number of hydrogen-bond donors (Lipinski definition) is 2. The lowest BCUT2D eigenvalue weighted by Gasteiger charge is -2.42. The summed E-state index contributed by atoms with van der Waals surface area (Å²) < 4.78 is 28.2. The maximum atomic E-state index is 11.6. The van der Waals surface area contributed by atoms with Gasteiger partial charge in [0, 0.05) is 62.0 Å². The van der Waals surface area contributed by atoms with Crippen LogP contribution in [-0.4, -0.2) is 66.5 Å². The summed E-state index contributed by atoms with van der Waals surface area (Å²) in [4.78, 5) is 10.1. The van der Waals surface area contributed by atoms with Gasteiger partial charge in [-0.2, -0.15) is 8.42 Å². The molecule has 0 bridgehead atoms. The van der Waals surface area contributed by atoms with E-state index >= 15 is 0 Å². The van der Waals surface area contributed by atoms with Crippen LogP contribution in [0.5, 0.6) is 0 Å². The van der Waals surface area contributed by atoms with Crippen molar-refractivity contribution < 1.29 is 8.42 Å². The highest BCUT2D eigenvalue weighted by Gasteiger charge is 2.32. The first kappa shape index (κ1) is 27.1. The van der Waals surface area contributed by atoms with Gasteiger partial charge in [0.25, 0.3) is 10.2 Å². The van der Waals surface area contributed by atoms with Crippen LogP contribution in [0.15, 0.2) is 18.3 Å². The van der Waals surface area contributed by atoms with E-state index < -0.39 is 10.2 Å². The van der Waals surface area contributed by atoms with E-state index in [9.17, 15) is 8.42 Å². The van der Waals surface area contributed by atoms with E-state index in [0.29, 0.717) is 19.0 Å². The second-order valence-electron chi connectivity index (χ2n) is 11.9. The molecular weight excluding hydrogens is 484 g/mol. The van der Waals surface area contributed by atoms with Gasteiger partial charge in [-0.05, 0) is 94.0 Å². The van der Waals surface area contributed by atoms with E-state index in [1.165, 1.54) is 55.2 Å². The molecule has 3 N–H and O–H groups in total. The highest BCUT2D eigenvalue weighted by Crippen LogP contribution is 2.37. The van der Waals surface area contributed by atoms with Crippen LogP contribution in [0.25, 0.3) is 11.0 Å². The topological polar surface area (TPSA) is 96.5 Å². The van der Waals surface area contributed by atoms with Crippen molar-refractivity contribution in [2.45, 2.75) is 90.3 Å². The average Bonchev–Trinajstić information content (AvgIpc) is 3.50. The van der Waals surface area contributed by atoms with Crippen LogP contribution in [0, 0.1) is 11.8 Å². The first-order chi connectivity index (χ1) is 17.8. The van der Waals surface area contributed by atoms with Crippen molar-refractivity contribution in [3.63, 3.8) is 0 Å². The number of hydrogen-bond acceptors (Lipinski definition) is 5. The Labute approximate surface area is 223 Å². The lowest BCUT2D eigenvalue weighted by Crippen LogP contribution is -2.44. The number of fused-ring (bicyclic) bond motifs is 1. The van der Waals surface area contributed by atoms with E-state index in [1.54, 1.807) is 0 Å². The third-order valence-electron chi connectivity index (χ3n) is 9.29. The zero-order valence-electron chi connectivity index (χ0n) is 22.7. The molecule has 0 aromatic carbocycles. The number of nitrogens with two attached hydrogens (primary N) is 1. The Hall–Kier alpha value is -1.52. The van der Waals surface area contributed by atoms with Crippen molar-refractivity contribution in [2.24, 2.45) is 17.0 Å². The minimum Gasteiger partial charge on any atom is -0.326 e. The summed E-state index contributed by atoms with van der Waals surface area (Å²) in [6.45, 7) is 10.5. The molecule has 8 nitrogen and oxygen atoms in total. The molecule has 2 aromatic heterocycles. The van der Waals surface area contributed by atoms with Gasteiger partial charge in [0.05, 0.1) is 0 Å². The molecule has 0 atom stereocenters. The molecule has 3 aliphatic rings. The van der Waals surface area contributed by atoms with Crippen molar-refractivity contribution >= 4 is 21.2 Å². The van der Waals surface area contributed by atoms with E-state index in [2.05, 4.69) is 39.0 Å². The van der Waals surface area contributed by atoms with Crippen LogP contribution < -0.4 is 9.86 Å². The SMILES string of the molecule is CC(C)C1CCC(N2CCC(n3c(CCNS(N)(=O)=O)c(CN4CCCC4)c4cccnc43)CC2)CC1. The molecule has 2 saturated heterocycles. The first-order valence-corrected chi connectivity index (χ1v) is 16.0. The van der Waals surface area contributed by atoms with Crippen molar-refractivity contribution in [3.05, 3.63) is 29.6 Å². The summed E-state index contributed by atoms with van der Waals surface area (Å²) in [7, 11) is -3.72. The highest BCUT2D eigenvalue weighted by atomic mass is 32.2. The third-order valence-corrected chi connectivity index (χ3v) is 9.90. The minimum absolute atomic E-state index is 0.306. The van der Waals surface area contributed by atoms with E-state index in [4.69, 9.17) is 10.1 Å². The van der Waals surface area contributed by atoms with Gasteiger partial charge in [-0.3, -0.25) is 4.90 Å². The molecule has 0 radical (unpaired) electrons. The Kier molecular flexibility index (Phi) is 8.56. The van der Waals surface area contributed by atoms with Gasteiger partial charge in [-0.25, -0.2) is 14.8 Å². The molecule has 5 rings (SSSR count). The van der Waals surface area contributed by atoms with Crippen LogP contribution in [-0.2, 0) is 23.2 Å². The first-order valence-electron chi connectivity index (χ1n) is 14.5. The van der Waals surface area contributed by atoms with E-state index in [0.717, 1.165) is 69.1 Å². The maximum absolute atomic E-state index is 11.6. The number of piperidine rings is 1. The van der Waals surface area contributed by atoms with Gasteiger partial charge in [0.2, 0.25) is 0 Å². The predicted molar refractivity (Wildman–Crippen MR) is 149 cm³/mol. The number of nitrogens with zero attached hydrogens (tertiary/aromatic N) is 4. The van der Waals surface area contributed by atoms with Gasteiger partial charge in [0.1, 0.15) is 5.65 Å². The molecule has 2 aliphatic heterocycles. The standard InChI is InChI=1S/C28H46N6O2S/c1-21(2)22-7-9-23(10-8-22)33-18-12-24(13-19-33)34-27(11-15-31-37(29,35)36)26(20-32-16-3-4-17-32)25-6-5-14-30-28(25)34/h5-6,14,21-24,31H,3-4,7-13,15-20H2,1-2H3,(H2,29,35,36). The maximum Gasteiger partial charge on any atom is 0.274 e. The Bertz CT molecular complexity index is 1140. The molecule has 2 aromatic rings. The molecule has 9 heteroatoms. The summed E-state index contributed by atoms with van der Waals surface area (Å²) in [6.07, 6.45) is 12.7. The van der Waals surface area contributed by atoms with Gasteiger partial charge >= 0.3 is 0 Å². The number of pyridine rings is 1. The Morgan fingerprint density at radius 3 is 2.38 bits per heavy atom. The van der Waals surface area contributed by atoms with Crippen LogP contribution in [0.2, 0.25) is 0 Å². The largest absolute Gasteiger partial charge is 0.326 e. The summed E-state index contributed by atoms with van der Waals surface area (Å²) in [5, 5.41) is 6.48. The average molecular weight is 531 g/mol. The number of likely N-dealkylation sites (tertiary alicyclic amines) is 2. The second kappa shape index (κ2) is 11.7. The quantitative estimate of drug-likeness (QED) is 0.514. The van der Waals surface area contributed by atoms with E-state index in [1.807, 2.05) is 12.3 Å². The van der Waals surface area contributed by atoms with Crippen LogP contribution in [0.3, 0.4) is 0 Å². The van der Waals surface area contributed by atoms with Crippen molar-refractivity contribution in [2.75, 3.05) is 32.7 Å². The number of nitrogens with one attached hydrogen (secondary N) is 1. The van der Waals surface area contributed by atoms with Gasteiger partial charge < -0.3 is 9.47 Å². The molecule has 1 saturated carbocycles. The Morgan fingerprint density at radius 1 is 1.03 bits per heavy atom. The lowest BCUT2D eigenvalue weighted by atomic mass is 9.79. The molecule has 4 heterocycles. The number of aromatic nitrogens is 2. The molecule has 0 amide bonds. The monoisotopic (exact) mass is 530 g/mol. The molecular formula is C28H46N6O2S. The van der Waals surface area contributed by atoms with Crippen molar-refractivity contribution in [1.29, 1.82) is 0 Å². The van der Waals surface area contributed by atoms with Crippen LogP contribution >= 0.6 is 0 Å². The van der Waals surface area contributed by atoms with Crippen LogP contribution in [0.4, 0.5) is 0 Å². The lowest BCUT2D eigenvalue weighted by molar-refractivity contribution is 0.0888. The zero-order valence-corrected chi connectivity index (χ0v) is 23.6. The fourth-order valence-corrected chi connectivity index (χ4v) is 7.60. The zero-order chi connectivity index (χ0) is 26.0. The third kappa shape index (κ3) is 6.38. The fraction of sp³-hybridized carbons (Fsp3) is 0.750. The molecule has 206 valence electrons. The minimum atomic E-state index is -3.72. The molecule has 0 unspecified atom stereocenters. The molecule has 0 spiro atoms. The fourth-order valence-electron chi connectivity index (χ4n) is 7.21. The summed E-state index contributed by atoms with van der Waals surface area (Å²) in [5.41, 5.74) is 3.60. The Balaban J connectivity index is 1.37. The molecule has 3 fully saturated rings. The summed E-state index contributed by atoms with van der Waals surface area (Å²) in [5.74, 6) is 1.70. The van der Waals surface area contributed by atoms with E-state index in [-0.39, 0.29) is 0 Å².